The van der Waals surface area contributed by atoms with Crippen molar-refractivity contribution in [2.45, 2.75) is 34.2 Å². The number of rotatable bonds is 6. The lowest BCUT2D eigenvalue weighted by molar-refractivity contribution is 0.1000. The molecule has 1 amide bonds. The Balaban J connectivity index is 2.56. The number of benzene rings is 1. The van der Waals surface area contributed by atoms with Crippen molar-refractivity contribution in [3.63, 3.8) is 0 Å². The Morgan fingerprint density at radius 3 is 2.50 bits per heavy atom. The Morgan fingerprint density at radius 1 is 1.33 bits per heavy atom. The largest absolute Gasteiger partial charge is 0.366 e. The third kappa shape index (κ3) is 4.15. The molecule has 0 aliphatic rings. The Bertz CT molecular complexity index is 413. The van der Waals surface area contributed by atoms with E-state index in [-0.39, 0.29) is 5.91 Å². The first kappa shape index (κ1) is 14.7. The van der Waals surface area contributed by atoms with E-state index >= 15 is 0 Å². The average Bonchev–Trinajstić information content (AvgIpc) is 2.30. The lowest BCUT2D eigenvalue weighted by atomic mass is 9.98. The van der Waals surface area contributed by atoms with Crippen LogP contribution in [0.3, 0.4) is 0 Å². The smallest absolute Gasteiger partial charge is 0.248 e. The van der Waals surface area contributed by atoms with Crippen molar-refractivity contribution in [1.29, 1.82) is 0 Å². The first-order chi connectivity index (χ1) is 8.41. The van der Waals surface area contributed by atoms with Gasteiger partial charge in [0.25, 0.3) is 0 Å². The molecule has 1 atom stereocenters. The maximum atomic E-state index is 11.0. The molecule has 0 saturated heterocycles. The zero-order valence-corrected chi connectivity index (χ0v) is 11.8. The second-order valence-corrected chi connectivity index (χ2v) is 5.36. The third-order valence-corrected chi connectivity index (χ3v) is 3.55. The number of primary amides is 1. The summed E-state index contributed by atoms with van der Waals surface area (Å²) in [6.07, 6.45) is 0. The van der Waals surface area contributed by atoms with E-state index in [1.165, 1.54) is 5.56 Å². The molecule has 100 valence electrons. The lowest BCUT2D eigenvalue weighted by Crippen LogP contribution is -2.24. The average molecular weight is 248 g/mol. The molecule has 1 rings (SSSR count). The van der Waals surface area contributed by atoms with Gasteiger partial charge in [-0.2, -0.15) is 0 Å². The molecule has 0 fully saturated rings. The summed E-state index contributed by atoms with van der Waals surface area (Å²) >= 11 is 0. The standard InChI is InChI=1S/C15H24N2O/c1-10(2)12(4)8-17-9-14-6-5-13(15(16)18)7-11(14)3/h5-7,10,12,17H,8-9H2,1-4H3,(H2,16,18). The first-order valence-electron chi connectivity index (χ1n) is 6.52. The van der Waals surface area contributed by atoms with E-state index in [1.807, 2.05) is 19.1 Å². The zero-order chi connectivity index (χ0) is 13.7. The number of carbonyl (C=O) groups is 1. The van der Waals surface area contributed by atoms with E-state index in [1.54, 1.807) is 6.07 Å². The maximum absolute atomic E-state index is 11.0. The molecule has 3 nitrogen and oxygen atoms in total. The maximum Gasteiger partial charge on any atom is 0.248 e. The van der Waals surface area contributed by atoms with Gasteiger partial charge >= 0.3 is 0 Å². The highest BCUT2D eigenvalue weighted by Crippen LogP contribution is 2.12. The van der Waals surface area contributed by atoms with Gasteiger partial charge in [-0.1, -0.05) is 26.8 Å². The fourth-order valence-electron chi connectivity index (χ4n) is 1.72. The van der Waals surface area contributed by atoms with Crippen LogP contribution in [0.2, 0.25) is 0 Å². The normalized spacial score (nSPS) is 12.7. The quantitative estimate of drug-likeness (QED) is 0.812. The van der Waals surface area contributed by atoms with Gasteiger partial charge in [-0.15, -0.1) is 0 Å². The molecule has 3 N–H and O–H groups in total. The van der Waals surface area contributed by atoms with Gasteiger partial charge in [0, 0.05) is 12.1 Å². The van der Waals surface area contributed by atoms with Crippen LogP contribution >= 0.6 is 0 Å². The Kier molecular flexibility index (Phi) is 5.35. The molecule has 0 bridgehead atoms. The zero-order valence-electron chi connectivity index (χ0n) is 11.8. The second-order valence-electron chi connectivity index (χ2n) is 5.36. The van der Waals surface area contributed by atoms with Crippen LogP contribution in [-0.2, 0) is 6.54 Å². The van der Waals surface area contributed by atoms with Crippen molar-refractivity contribution in [2.24, 2.45) is 17.6 Å². The number of aryl methyl sites for hydroxylation is 1. The van der Waals surface area contributed by atoms with Gasteiger partial charge in [0.1, 0.15) is 0 Å². The number of nitrogens with one attached hydrogen (secondary N) is 1. The van der Waals surface area contributed by atoms with Gasteiger partial charge in [-0.05, 0) is 48.6 Å². The number of nitrogens with two attached hydrogens (primary N) is 1. The van der Waals surface area contributed by atoms with Gasteiger partial charge < -0.3 is 11.1 Å². The monoisotopic (exact) mass is 248 g/mol. The third-order valence-electron chi connectivity index (χ3n) is 3.55. The molecule has 1 aromatic carbocycles. The highest BCUT2D eigenvalue weighted by molar-refractivity contribution is 5.93. The minimum atomic E-state index is -0.369. The highest BCUT2D eigenvalue weighted by Gasteiger charge is 2.07. The molecule has 0 radical (unpaired) electrons. The van der Waals surface area contributed by atoms with Crippen LogP contribution in [0.1, 0.15) is 42.3 Å². The summed E-state index contributed by atoms with van der Waals surface area (Å²) in [6.45, 7) is 10.6. The van der Waals surface area contributed by atoms with Crippen LogP contribution in [-0.4, -0.2) is 12.5 Å². The minimum absolute atomic E-state index is 0.369. The van der Waals surface area contributed by atoms with Gasteiger partial charge in [0.2, 0.25) is 5.91 Å². The summed E-state index contributed by atoms with van der Waals surface area (Å²) in [5.74, 6) is 0.983. The topological polar surface area (TPSA) is 55.1 Å². The van der Waals surface area contributed by atoms with Crippen molar-refractivity contribution in [1.82, 2.24) is 5.32 Å². The van der Waals surface area contributed by atoms with Crippen molar-refractivity contribution in [3.8, 4) is 0 Å². The Labute approximate surface area is 110 Å². The molecule has 18 heavy (non-hydrogen) atoms. The van der Waals surface area contributed by atoms with E-state index < -0.39 is 0 Å². The lowest BCUT2D eigenvalue weighted by Gasteiger charge is -2.16. The molecule has 0 heterocycles. The van der Waals surface area contributed by atoms with Crippen LogP contribution in [0, 0.1) is 18.8 Å². The van der Waals surface area contributed by atoms with E-state index in [2.05, 4.69) is 26.1 Å². The van der Waals surface area contributed by atoms with E-state index in [9.17, 15) is 4.79 Å². The fourth-order valence-corrected chi connectivity index (χ4v) is 1.72. The fraction of sp³-hybridized carbons (Fsp3) is 0.533. The molecule has 1 aromatic rings. The van der Waals surface area contributed by atoms with Crippen molar-refractivity contribution < 1.29 is 4.79 Å². The number of hydrogen-bond acceptors (Lipinski definition) is 2. The predicted octanol–water partition coefficient (Wildman–Crippen LogP) is 2.48. The van der Waals surface area contributed by atoms with Gasteiger partial charge in [0.15, 0.2) is 0 Å². The van der Waals surface area contributed by atoms with Crippen molar-refractivity contribution in [3.05, 3.63) is 34.9 Å². The minimum Gasteiger partial charge on any atom is -0.366 e. The molecule has 3 heteroatoms. The summed E-state index contributed by atoms with van der Waals surface area (Å²) in [7, 11) is 0. The van der Waals surface area contributed by atoms with Crippen molar-refractivity contribution >= 4 is 5.91 Å². The SMILES string of the molecule is Cc1cc(C(N)=O)ccc1CNCC(C)C(C)C. The number of amides is 1. The van der Waals surface area contributed by atoms with Crippen LogP contribution < -0.4 is 11.1 Å². The van der Waals surface area contributed by atoms with E-state index in [4.69, 9.17) is 5.73 Å². The number of hydrogen-bond donors (Lipinski definition) is 2. The highest BCUT2D eigenvalue weighted by atomic mass is 16.1. The van der Waals surface area contributed by atoms with Crippen molar-refractivity contribution in [2.75, 3.05) is 6.54 Å². The molecule has 0 saturated carbocycles. The van der Waals surface area contributed by atoms with Crippen LogP contribution in [0.15, 0.2) is 18.2 Å². The summed E-state index contributed by atoms with van der Waals surface area (Å²) in [4.78, 5) is 11.0. The van der Waals surface area contributed by atoms with Crippen LogP contribution in [0.25, 0.3) is 0 Å². The Morgan fingerprint density at radius 2 is 2.00 bits per heavy atom. The summed E-state index contributed by atoms with van der Waals surface area (Å²) in [6, 6.07) is 5.62. The van der Waals surface area contributed by atoms with Crippen LogP contribution in [0.4, 0.5) is 0 Å². The number of carbonyl (C=O) groups excluding carboxylic acids is 1. The molecule has 1 unspecified atom stereocenters. The molecule has 0 aromatic heterocycles. The van der Waals surface area contributed by atoms with Crippen LogP contribution in [0.5, 0.6) is 0 Å². The molecule has 0 spiro atoms. The Hall–Kier alpha value is -1.35. The van der Waals surface area contributed by atoms with E-state index in [0.717, 1.165) is 18.7 Å². The second kappa shape index (κ2) is 6.55. The summed E-state index contributed by atoms with van der Waals surface area (Å²) in [5.41, 5.74) is 8.15. The predicted molar refractivity (Wildman–Crippen MR) is 75.4 cm³/mol. The van der Waals surface area contributed by atoms with Gasteiger partial charge in [0.05, 0.1) is 0 Å². The summed E-state index contributed by atoms with van der Waals surface area (Å²) in [5, 5.41) is 3.46. The molecular formula is C15H24N2O. The van der Waals surface area contributed by atoms with Gasteiger partial charge in [-0.25, -0.2) is 0 Å². The van der Waals surface area contributed by atoms with Gasteiger partial charge in [-0.3, -0.25) is 4.79 Å². The summed E-state index contributed by atoms with van der Waals surface area (Å²) < 4.78 is 0. The van der Waals surface area contributed by atoms with E-state index in [0.29, 0.717) is 17.4 Å². The first-order valence-corrected chi connectivity index (χ1v) is 6.52. The molecular weight excluding hydrogens is 224 g/mol. The molecule has 0 aliphatic heterocycles. The molecule has 0 aliphatic carbocycles.